The van der Waals surface area contributed by atoms with Gasteiger partial charge in [0.15, 0.2) is 0 Å². The highest BCUT2D eigenvalue weighted by molar-refractivity contribution is 6.73. The third-order valence-corrected chi connectivity index (χ3v) is 3.45. The Morgan fingerprint density at radius 3 is 2.50 bits per heavy atom. The first-order valence-electron chi connectivity index (χ1n) is 6.48. The molecule has 1 aliphatic rings. The molecular formula is C13H17BF3O-. The van der Waals surface area contributed by atoms with Crippen LogP contribution in [0.2, 0.25) is 0 Å². The van der Waals surface area contributed by atoms with Gasteiger partial charge in [0, 0.05) is 0 Å². The Morgan fingerprint density at radius 2 is 1.83 bits per heavy atom. The lowest BCUT2D eigenvalue weighted by atomic mass is 9.80. The summed E-state index contributed by atoms with van der Waals surface area (Å²) in [5.74, 6) is 0.830. The zero-order valence-electron chi connectivity index (χ0n) is 10.2. The predicted octanol–water partition coefficient (Wildman–Crippen LogP) is 3.70. The Hall–Kier alpha value is -1.13. The number of benzene rings is 1. The van der Waals surface area contributed by atoms with Gasteiger partial charge in [-0.25, -0.2) is 0 Å². The summed E-state index contributed by atoms with van der Waals surface area (Å²) in [6.07, 6.45) is 5.94. The number of hydrogen-bond acceptors (Lipinski definition) is 1. The van der Waals surface area contributed by atoms with Crippen molar-refractivity contribution in [3.05, 3.63) is 24.3 Å². The number of halogens is 3. The van der Waals surface area contributed by atoms with Crippen LogP contribution < -0.4 is 10.2 Å². The molecule has 100 valence electrons. The predicted molar refractivity (Wildman–Crippen MR) is 67.2 cm³/mol. The molecule has 0 aliphatic heterocycles. The van der Waals surface area contributed by atoms with E-state index in [1.165, 1.54) is 25.3 Å². The molecule has 0 heterocycles. The molecule has 0 spiro atoms. The van der Waals surface area contributed by atoms with E-state index in [2.05, 4.69) is 0 Å². The van der Waals surface area contributed by atoms with Crippen molar-refractivity contribution in [1.82, 2.24) is 0 Å². The molecule has 1 fully saturated rings. The van der Waals surface area contributed by atoms with Crippen LogP contribution in [-0.2, 0) is 0 Å². The zero-order chi connectivity index (χ0) is 13.0. The number of rotatable bonds is 4. The molecule has 0 saturated heterocycles. The van der Waals surface area contributed by atoms with Crippen molar-refractivity contribution in [2.75, 3.05) is 6.61 Å². The van der Waals surface area contributed by atoms with Crippen LogP contribution >= 0.6 is 0 Å². The van der Waals surface area contributed by atoms with E-state index in [0.717, 1.165) is 25.0 Å². The van der Waals surface area contributed by atoms with Crippen LogP contribution in [0.5, 0.6) is 5.75 Å². The zero-order valence-corrected chi connectivity index (χ0v) is 10.2. The van der Waals surface area contributed by atoms with Crippen molar-refractivity contribution in [1.29, 1.82) is 0 Å². The minimum atomic E-state index is -4.94. The Morgan fingerprint density at radius 1 is 1.11 bits per heavy atom. The topological polar surface area (TPSA) is 9.23 Å². The Labute approximate surface area is 105 Å². The molecule has 1 aromatic carbocycles. The summed E-state index contributed by atoms with van der Waals surface area (Å²) in [4.78, 5) is 0. The third kappa shape index (κ3) is 3.69. The van der Waals surface area contributed by atoms with Crippen LogP contribution in [0.4, 0.5) is 12.9 Å². The molecule has 2 rings (SSSR count). The van der Waals surface area contributed by atoms with E-state index in [4.69, 9.17) is 4.74 Å². The summed E-state index contributed by atoms with van der Waals surface area (Å²) in [6, 6.07) is 5.19. The molecule has 0 atom stereocenters. The highest BCUT2D eigenvalue weighted by Crippen LogP contribution is 2.24. The molecule has 1 saturated carbocycles. The summed E-state index contributed by atoms with van der Waals surface area (Å²) in [6.45, 7) is -4.40. The fourth-order valence-electron chi connectivity index (χ4n) is 2.38. The monoisotopic (exact) mass is 257 g/mol. The fraction of sp³-hybridized carbons (Fsp3) is 0.538. The summed E-state index contributed by atoms with van der Waals surface area (Å²) < 4.78 is 43.2. The van der Waals surface area contributed by atoms with Gasteiger partial charge in [0.2, 0.25) is 0 Å². The average molecular weight is 257 g/mol. The molecule has 0 bridgehead atoms. The van der Waals surface area contributed by atoms with E-state index < -0.39 is 12.4 Å². The van der Waals surface area contributed by atoms with Gasteiger partial charge in [-0.3, -0.25) is 0 Å². The SMILES string of the molecule is F[B-](F)(F)c1cccc(OCC2CCCCC2)c1. The maximum absolute atomic E-state index is 12.6. The van der Waals surface area contributed by atoms with Crippen molar-refractivity contribution in [2.45, 2.75) is 32.1 Å². The van der Waals surface area contributed by atoms with Gasteiger partial charge in [-0.05, 0) is 30.9 Å². The largest absolute Gasteiger partial charge is 0.509 e. The van der Waals surface area contributed by atoms with E-state index in [0.29, 0.717) is 18.3 Å². The second kappa shape index (κ2) is 5.68. The minimum Gasteiger partial charge on any atom is -0.493 e. The van der Waals surface area contributed by atoms with E-state index in [1.807, 2.05) is 0 Å². The van der Waals surface area contributed by atoms with Gasteiger partial charge in [-0.1, -0.05) is 31.4 Å². The van der Waals surface area contributed by atoms with Gasteiger partial charge in [-0.15, -0.1) is 5.46 Å². The fourth-order valence-corrected chi connectivity index (χ4v) is 2.38. The van der Waals surface area contributed by atoms with Crippen LogP contribution in [0, 0.1) is 5.92 Å². The number of hydrogen-bond donors (Lipinski definition) is 0. The molecular weight excluding hydrogens is 240 g/mol. The van der Waals surface area contributed by atoms with Crippen LogP contribution in [0.25, 0.3) is 0 Å². The Balaban J connectivity index is 1.92. The molecule has 0 radical (unpaired) electrons. The molecule has 1 aliphatic carbocycles. The second-order valence-electron chi connectivity index (χ2n) is 4.96. The highest BCUT2D eigenvalue weighted by Gasteiger charge is 2.25. The normalized spacial score (nSPS) is 17.7. The van der Waals surface area contributed by atoms with E-state index >= 15 is 0 Å². The number of ether oxygens (including phenoxy) is 1. The van der Waals surface area contributed by atoms with Crippen LogP contribution in [0.15, 0.2) is 24.3 Å². The first-order valence-corrected chi connectivity index (χ1v) is 6.48. The van der Waals surface area contributed by atoms with Crippen molar-refractivity contribution in [3.8, 4) is 5.75 Å². The first-order chi connectivity index (χ1) is 8.55. The molecule has 0 unspecified atom stereocenters. The molecule has 18 heavy (non-hydrogen) atoms. The lowest BCUT2D eigenvalue weighted by Crippen LogP contribution is -2.33. The quantitative estimate of drug-likeness (QED) is 0.747. The standard InChI is InChI=1S/C13H17BF3O/c15-14(16,17)12-7-4-8-13(9-12)18-10-11-5-2-1-3-6-11/h4,7-9,11H,1-3,5-6,10H2/q-1. The van der Waals surface area contributed by atoms with Crippen molar-refractivity contribution >= 4 is 12.4 Å². The summed E-state index contributed by atoms with van der Waals surface area (Å²) >= 11 is 0. The van der Waals surface area contributed by atoms with Crippen molar-refractivity contribution in [3.63, 3.8) is 0 Å². The van der Waals surface area contributed by atoms with Crippen LogP contribution in [0.3, 0.4) is 0 Å². The molecule has 0 amide bonds. The van der Waals surface area contributed by atoms with Gasteiger partial charge >= 0.3 is 6.98 Å². The van der Waals surface area contributed by atoms with Gasteiger partial charge in [-0.2, -0.15) is 0 Å². The van der Waals surface area contributed by atoms with E-state index in [9.17, 15) is 12.9 Å². The minimum absolute atomic E-state index is 0.331. The summed E-state index contributed by atoms with van der Waals surface area (Å²) in [5.41, 5.74) is -0.587. The molecule has 5 heteroatoms. The molecule has 0 N–H and O–H groups in total. The van der Waals surface area contributed by atoms with Gasteiger partial charge < -0.3 is 17.7 Å². The van der Waals surface area contributed by atoms with Crippen molar-refractivity contribution < 1.29 is 17.7 Å². The summed E-state index contributed by atoms with van der Waals surface area (Å²) in [5, 5.41) is 0. The average Bonchev–Trinajstić information content (AvgIpc) is 2.37. The molecule has 1 aromatic rings. The van der Waals surface area contributed by atoms with Crippen LogP contribution in [0.1, 0.15) is 32.1 Å². The highest BCUT2D eigenvalue weighted by atomic mass is 19.4. The van der Waals surface area contributed by atoms with E-state index in [1.54, 1.807) is 6.07 Å². The third-order valence-electron chi connectivity index (χ3n) is 3.45. The first kappa shape index (κ1) is 13.3. The van der Waals surface area contributed by atoms with E-state index in [-0.39, 0.29) is 0 Å². The maximum Gasteiger partial charge on any atom is 0.509 e. The van der Waals surface area contributed by atoms with Gasteiger partial charge in [0.25, 0.3) is 0 Å². The maximum atomic E-state index is 12.6. The Bertz CT molecular complexity index is 386. The molecule has 1 nitrogen and oxygen atoms in total. The van der Waals surface area contributed by atoms with Crippen molar-refractivity contribution in [2.24, 2.45) is 5.92 Å². The lowest BCUT2D eigenvalue weighted by Gasteiger charge is -2.22. The second-order valence-corrected chi connectivity index (χ2v) is 4.96. The van der Waals surface area contributed by atoms with Gasteiger partial charge in [0.05, 0.1) is 6.61 Å². The molecule has 0 aromatic heterocycles. The summed E-state index contributed by atoms with van der Waals surface area (Å²) in [7, 11) is 0. The van der Waals surface area contributed by atoms with Gasteiger partial charge in [0.1, 0.15) is 5.75 Å². The smallest absolute Gasteiger partial charge is 0.493 e. The lowest BCUT2D eigenvalue weighted by molar-refractivity contribution is 0.209. The Kier molecular flexibility index (Phi) is 4.20. The van der Waals surface area contributed by atoms with Crippen LogP contribution in [-0.4, -0.2) is 13.6 Å².